The molecule has 2 heterocycles. The van der Waals surface area contributed by atoms with Crippen LogP contribution in [0.25, 0.3) is 0 Å². The zero-order chi connectivity index (χ0) is 17.7. The number of nitrogens with zero attached hydrogens (tertiary/aromatic N) is 1. The van der Waals surface area contributed by atoms with Gasteiger partial charge in [0, 0.05) is 0 Å². The molecule has 0 radical (unpaired) electrons. The van der Waals surface area contributed by atoms with Crippen LogP contribution < -0.4 is 10.1 Å². The number of rotatable bonds is 8. The fourth-order valence-corrected chi connectivity index (χ4v) is 2.62. The number of imide groups is 1. The van der Waals surface area contributed by atoms with Crippen molar-refractivity contribution in [1.29, 1.82) is 0 Å². The van der Waals surface area contributed by atoms with Gasteiger partial charge in [0.15, 0.2) is 5.54 Å². The Hall–Kier alpha value is -2.80. The quantitative estimate of drug-likeness (QED) is 0.586. The summed E-state index contributed by atoms with van der Waals surface area (Å²) in [6.07, 6.45) is 1.47. The van der Waals surface area contributed by atoms with Crippen molar-refractivity contribution in [3.05, 3.63) is 54.5 Å². The van der Waals surface area contributed by atoms with Crippen LogP contribution in [0.3, 0.4) is 0 Å². The highest BCUT2D eigenvalue weighted by atomic mass is 16.5. The van der Waals surface area contributed by atoms with E-state index in [2.05, 4.69) is 5.32 Å². The minimum atomic E-state index is -1.17. The average molecular weight is 344 g/mol. The van der Waals surface area contributed by atoms with E-state index in [9.17, 15) is 9.59 Å². The maximum atomic E-state index is 12.5. The van der Waals surface area contributed by atoms with E-state index in [0.29, 0.717) is 19.0 Å². The second-order valence-corrected chi connectivity index (χ2v) is 5.76. The van der Waals surface area contributed by atoms with E-state index in [1.54, 1.807) is 19.1 Å². The molecule has 1 aliphatic heterocycles. The number of furan rings is 1. The molecule has 0 spiro atoms. The van der Waals surface area contributed by atoms with Gasteiger partial charge in [-0.25, -0.2) is 4.79 Å². The van der Waals surface area contributed by atoms with E-state index in [1.807, 2.05) is 30.3 Å². The molecule has 1 aromatic heterocycles. The number of nitrogens with one attached hydrogen (secondary N) is 1. The summed E-state index contributed by atoms with van der Waals surface area (Å²) in [5, 5.41) is 2.67. The molecule has 1 fully saturated rings. The van der Waals surface area contributed by atoms with Gasteiger partial charge in [-0.2, -0.15) is 0 Å². The van der Waals surface area contributed by atoms with Crippen LogP contribution in [0.15, 0.2) is 53.1 Å². The van der Waals surface area contributed by atoms with Crippen LogP contribution in [-0.2, 0) is 15.1 Å². The van der Waals surface area contributed by atoms with Crippen molar-refractivity contribution in [2.24, 2.45) is 0 Å². The molecule has 132 valence electrons. The van der Waals surface area contributed by atoms with E-state index >= 15 is 0 Å². The van der Waals surface area contributed by atoms with Crippen LogP contribution in [0, 0.1) is 0 Å². The largest absolute Gasteiger partial charge is 0.491 e. The molecule has 1 aliphatic rings. The fourth-order valence-electron chi connectivity index (χ4n) is 2.62. The van der Waals surface area contributed by atoms with Gasteiger partial charge in [0.05, 0.1) is 26.0 Å². The zero-order valence-corrected chi connectivity index (χ0v) is 13.9. The molecule has 1 saturated heterocycles. The molecule has 7 heteroatoms. The van der Waals surface area contributed by atoms with E-state index in [1.165, 1.54) is 6.26 Å². The maximum absolute atomic E-state index is 12.5. The van der Waals surface area contributed by atoms with E-state index < -0.39 is 11.6 Å². The molecule has 3 amide bonds. The van der Waals surface area contributed by atoms with Gasteiger partial charge in [-0.1, -0.05) is 18.2 Å². The minimum Gasteiger partial charge on any atom is -0.491 e. The van der Waals surface area contributed by atoms with Gasteiger partial charge in [-0.05, 0) is 31.2 Å². The molecule has 2 aromatic rings. The van der Waals surface area contributed by atoms with Crippen molar-refractivity contribution < 1.29 is 23.5 Å². The van der Waals surface area contributed by atoms with Gasteiger partial charge >= 0.3 is 6.03 Å². The summed E-state index contributed by atoms with van der Waals surface area (Å²) in [6, 6.07) is 12.3. The molecule has 0 saturated carbocycles. The third-order valence-electron chi connectivity index (χ3n) is 3.99. The van der Waals surface area contributed by atoms with Crippen molar-refractivity contribution in [1.82, 2.24) is 10.2 Å². The lowest BCUT2D eigenvalue weighted by atomic mass is 9.99. The number of para-hydroxylation sites is 1. The summed E-state index contributed by atoms with van der Waals surface area (Å²) in [5.41, 5.74) is -1.17. The van der Waals surface area contributed by atoms with Crippen LogP contribution in [0.2, 0.25) is 0 Å². The second kappa shape index (κ2) is 7.40. The number of urea groups is 1. The number of carbonyl (C=O) groups excluding carboxylic acids is 2. The zero-order valence-electron chi connectivity index (χ0n) is 13.9. The summed E-state index contributed by atoms with van der Waals surface area (Å²) >= 11 is 0. The first-order chi connectivity index (χ1) is 12.1. The van der Waals surface area contributed by atoms with Gasteiger partial charge in [0.25, 0.3) is 5.91 Å². The van der Waals surface area contributed by atoms with Gasteiger partial charge in [-0.15, -0.1) is 0 Å². The average Bonchev–Trinajstić information content (AvgIpc) is 3.22. The normalized spacial score (nSPS) is 20.0. The summed E-state index contributed by atoms with van der Waals surface area (Å²) in [5.74, 6) is 0.830. The van der Waals surface area contributed by atoms with E-state index in [4.69, 9.17) is 13.9 Å². The minimum absolute atomic E-state index is 0.173. The molecule has 1 unspecified atom stereocenters. The molecule has 0 aliphatic carbocycles. The summed E-state index contributed by atoms with van der Waals surface area (Å²) in [6.45, 7) is 2.81. The number of ether oxygens (including phenoxy) is 2. The molecule has 1 aromatic carbocycles. The second-order valence-electron chi connectivity index (χ2n) is 5.76. The predicted molar refractivity (Wildman–Crippen MR) is 89.1 cm³/mol. The summed E-state index contributed by atoms with van der Waals surface area (Å²) in [4.78, 5) is 25.8. The smallest absolute Gasteiger partial charge is 0.325 e. The molecule has 0 bridgehead atoms. The Labute approximate surface area is 145 Å². The lowest BCUT2D eigenvalue weighted by molar-refractivity contribution is -0.132. The molecule has 1 N–H and O–H groups in total. The van der Waals surface area contributed by atoms with Crippen LogP contribution in [0.4, 0.5) is 4.79 Å². The Bertz CT molecular complexity index is 716. The lowest BCUT2D eigenvalue weighted by Gasteiger charge is -2.19. The Kier molecular flexibility index (Phi) is 5.04. The highest BCUT2D eigenvalue weighted by Gasteiger charge is 2.50. The van der Waals surface area contributed by atoms with Crippen molar-refractivity contribution in [2.45, 2.75) is 12.5 Å². The van der Waals surface area contributed by atoms with Crippen LogP contribution in [0.5, 0.6) is 5.75 Å². The number of amides is 3. The number of benzene rings is 1. The first-order valence-electron chi connectivity index (χ1n) is 8.05. The van der Waals surface area contributed by atoms with Crippen LogP contribution in [0.1, 0.15) is 12.7 Å². The first kappa shape index (κ1) is 17.0. The van der Waals surface area contributed by atoms with Crippen LogP contribution in [-0.4, -0.2) is 43.2 Å². The van der Waals surface area contributed by atoms with Crippen molar-refractivity contribution in [3.63, 3.8) is 0 Å². The highest BCUT2D eigenvalue weighted by molar-refractivity contribution is 6.06. The lowest BCUT2D eigenvalue weighted by Crippen LogP contribution is -2.40. The van der Waals surface area contributed by atoms with Crippen molar-refractivity contribution in [3.8, 4) is 5.75 Å². The topological polar surface area (TPSA) is 81.0 Å². The molecular weight excluding hydrogens is 324 g/mol. The molecule has 25 heavy (non-hydrogen) atoms. The number of hydrogen-bond acceptors (Lipinski definition) is 5. The van der Waals surface area contributed by atoms with Gasteiger partial charge in [-0.3, -0.25) is 9.69 Å². The Morgan fingerprint density at radius 3 is 2.60 bits per heavy atom. The van der Waals surface area contributed by atoms with Gasteiger partial charge < -0.3 is 19.2 Å². The molecule has 3 rings (SSSR count). The summed E-state index contributed by atoms with van der Waals surface area (Å²) in [7, 11) is 0. The monoisotopic (exact) mass is 344 g/mol. The SMILES string of the molecule is CC1(c2ccco2)NC(=O)N(CCOCCOc2ccccc2)C1=O. The van der Waals surface area contributed by atoms with Crippen molar-refractivity contribution in [2.75, 3.05) is 26.4 Å². The standard InChI is InChI=1S/C18H20N2O5/c1-18(15-8-5-10-25-15)16(21)20(17(22)19-18)9-11-23-12-13-24-14-6-3-2-4-7-14/h2-8,10H,9,11-13H2,1H3,(H,19,22). The fraction of sp³-hybridized carbons (Fsp3) is 0.333. The molecule has 7 nitrogen and oxygen atoms in total. The van der Waals surface area contributed by atoms with Crippen molar-refractivity contribution >= 4 is 11.9 Å². The third kappa shape index (κ3) is 3.66. The maximum Gasteiger partial charge on any atom is 0.325 e. The first-order valence-corrected chi connectivity index (χ1v) is 8.05. The molecular formula is C18H20N2O5. The van der Waals surface area contributed by atoms with Crippen LogP contribution >= 0.6 is 0 Å². The number of hydrogen-bond donors (Lipinski definition) is 1. The molecule has 1 atom stereocenters. The predicted octanol–water partition coefficient (Wildman–Crippen LogP) is 2.14. The summed E-state index contributed by atoms with van der Waals surface area (Å²) < 4.78 is 16.2. The van der Waals surface area contributed by atoms with Gasteiger partial charge in [0.2, 0.25) is 0 Å². The Morgan fingerprint density at radius 1 is 1.08 bits per heavy atom. The van der Waals surface area contributed by atoms with E-state index in [0.717, 1.165) is 10.6 Å². The van der Waals surface area contributed by atoms with E-state index in [-0.39, 0.29) is 19.1 Å². The number of carbonyl (C=O) groups is 2. The van der Waals surface area contributed by atoms with Gasteiger partial charge in [0.1, 0.15) is 18.1 Å². The third-order valence-corrected chi connectivity index (χ3v) is 3.99. The Morgan fingerprint density at radius 2 is 1.88 bits per heavy atom. The highest BCUT2D eigenvalue weighted by Crippen LogP contribution is 2.28. The Balaban J connectivity index is 1.43.